The van der Waals surface area contributed by atoms with Crippen molar-refractivity contribution in [2.24, 2.45) is 0 Å². The Kier molecular flexibility index (Phi) is 2.19. The molecule has 70 valence electrons. The van der Waals surface area contributed by atoms with E-state index in [1.54, 1.807) is 6.07 Å². The zero-order valence-electron chi connectivity index (χ0n) is 8.07. The first-order chi connectivity index (χ1) is 6.75. The Labute approximate surface area is 83.4 Å². The van der Waals surface area contributed by atoms with Gasteiger partial charge in [-0.15, -0.1) is 0 Å². The quantitative estimate of drug-likeness (QED) is 0.740. The molecule has 0 fully saturated rings. The molecule has 14 heavy (non-hydrogen) atoms. The van der Waals surface area contributed by atoms with Gasteiger partial charge in [-0.3, -0.25) is 0 Å². The van der Waals surface area contributed by atoms with Crippen LogP contribution in [0, 0.1) is 6.92 Å². The number of aromatic nitrogens is 1. The van der Waals surface area contributed by atoms with E-state index >= 15 is 0 Å². The monoisotopic (exact) mass is 184 g/mol. The van der Waals surface area contributed by atoms with Gasteiger partial charge in [0.05, 0.1) is 5.69 Å². The second-order valence-electron chi connectivity index (χ2n) is 3.32. The maximum atomic E-state index is 5.62. The third kappa shape index (κ3) is 1.74. The molecule has 0 unspecified atom stereocenters. The molecule has 2 nitrogen and oxygen atoms in total. The van der Waals surface area contributed by atoms with Crippen LogP contribution in [0.15, 0.2) is 42.5 Å². The predicted octanol–water partition coefficient (Wildman–Crippen LogP) is 2.64. The third-order valence-electron chi connectivity index (χ3n) is 2.08. The van der Waals surface area contributed by atoms with Crippen molar-refractivity contribution in [3.63, 3.8) is 0 Å². The third-order valence-corrected chi connectivity index (χ3v) is 2.08. The maximum Gasteiger partial charge on any atom is 0.124 e. The first-order valence-corrected chi connectivity index (χ1v) is 4.55. The molecule has 0 amide bonds. The lowest BCUT2D eigenvalue weighted by atomic mass is 10.1. The van der Waals surface area contributed by atoms with Gasteiger partial charge < -0.3 is 5.73 Å². The van der Waals surface area contributed by atoms with Crippen molar-refractivity contribution in [3.05, 3.63) is 48.0 Å². The van der Waals surface area contributed by atoms with Gasteiger partial charge in [0.15, 0.2) is 0 Å². The van der Waals surface area contributed by atoms with Crippen LogP contribution in [0.1, 0.15) is 5.56 Å². The Hall–Kier alpha value is -1.83. The zero-order valence-corrected chi connectivity index (χ0v) is 8.07. The first kappa shape index (κ1) is 8.75. The largest absolute Gasteiger partial charge is 0.384 e. The number of nitrogens with two attached hydrogens (primary N) is 1. The van der Waals surface area contributed by atoms with Gasteiger partial charge in [-0.2, -0.15) is 0 Å². The number of nitrogens with zero attached hydrogens (tertiary/aromatic N) is 1. The summed E-state index contributed by atoms with van der Waals surface area (Å²) in [4.78, 5) is 4.26. The van der Waals surface area contributed by atoms with E-state index in [1.807, 2.05) is 24.3 Å². The standard InChI is InChI=1S/C12H12N2/c1-9-4-2-5-10(8-9)11-6-3-7-12(13)14-11/h2-8H,1H3,(H2,13,14). The predicted molar refractivity (Wildman–Crippen MR) is 58.8 cm³/mol. The molecule has 0 atom stereocenters. The van der Waals surface area contributed by atoms with Crippen molar-refractivity contribution in [2.75, 3.05) is 5.73 Å². The van der Waals surface area contributed by atoms with Crippen molar-refractivity contribution < 1.29 is 0 Å². The van der Waals surface area contributed by atoms with Crippen molar-refractivity contribution in [1.82, 2.24) is 4.98 Å². The maximum absolute atomic E-state index is 5.62. The van der Waals surface area contributed by atoms with Crippen LogP contribution in [0.3, 0.4) is 0 Å². The number of nitrogen functional groups attached to an aromatic ring is 1. The molecular formula is C12H12N2. The fraction of sp³-hybridized carbons (Fsp3) is 0.0833. The topological polar surface area (TPSA) is 38.9 Å². The van der Waals surface area contributed by atoms with Crippen molar-refractivity contribution >= 4 is 5.82 Å². The Morgan fingerprint density at radius 1 is 1.07 bits per heavy atom. The minimum Gasteiger partial charge on any atom is -0.384 e. The summed E-state index contributed by atoms with van der Waals surface area (Å²) in [6.45, 7) is 2.07. The summed E-state index contributed by atoms with van der Waals surface area (Å²) in [5, 5.41) is 0. The number of benzene rings is 1. The Balaban J connectivity index is 2.49. The fourth-order valence-electron chi connectivity index (χ4n) is 1.42. The number of pyridine rings is 1. The fourth-order valence-corrected chi connectivity index (χ4v) is 1.42. The number of rotatable bonds is 1. The minimum absolute atomic E-state index is 0.559. The zero-order chi connectivity index (χ0) is 9.97. The normalized spacial score (nSPS) is 10.1. The summed E-state index contributed by atoms with van der Waals surface area (Å²) in [5.41, 5.74) is 8.88. The Morgan fingerprint density at radius 3 is 2.57 bits per heavy atom. The molecular weight excluding hydrogens is 172 g/mol. The van der Waals surface area contributed by atoms with Gasteiger partial charge in [0.2, 0.25) is 0 Å². The van der Waals surface area contributed by atoms with E-state index in [1.165, 1.54) is 5.56 Å². The van der Waals surface area contributed by atoms with E-state index in [9.17, 15) is 0 Å². The lowest BCUT2D eigenvalue weighted by Crippen LogP contribution is -1.91. The van der Waals surface area contributed by atoms with E-state index < -0.39 is 0 Å². The molecule has 0 bridgehead atoms. The summed E-state index contributed by atoms with van der Waals surface area (Å²) < 4.78 is 0. The average Bonchev–Trinajstić information content (AvgIpc) is 2.18. The van der Waals surface area contributed by atoms with E-state index in [2.05, 4.69) is 24.0 Å². The van der Waals surface area contributed by atoms with Crippen molar-refractivity contribution in [3.8, 4) is 11.3 Å². The number of hydrogen-bond acceptors (Lipinski definition) is 2. The molecule has 1 aromatic carbocycles. The summed E-state index contributed by atoms with van der Waals surface area (Å²) in [6, 6.07) is 13.9. The smallest absolute Gasteiger partial charge is 0.124 e. The SMILES string of the molecule is Cc1cccc(-c2cccc(N)n2)c1. The van der Waals surface area contributed by atoms with E-state index in [4.69, 9.17) is 5.73 Å². The molecule has 0 saturated heterocycles. The van der Waals surface area contributed by atoms with Crippen LogP contribution < -0.4 is 5.73 Å². The van der Waals surface area contributed by atoms with E-state index in [0.717, 1.165) is 11.3 Å². The van der Waals surface area contributed by atoms with Gasteiger partial charge in [-0.25, -0.2) is 4.98 Å². The molecule has 2 rings (SSSR count). The highest BCUT2D eigenvalue weighted by molar-refractivity contribution is 5.61. The molecule has 1 aromatic heterocycles. The summed E-state index contributed by atoms with van der Waals surface area (Å²) in [5.74, 6) is 0.559. The number of hydrogen-bond donors (Lipinski definition) is 1. The molecule has 2 N–H and O–H groups in total. The van der Waals surface area contributed by atoms with Crippen LogP contribution in [-0.4, -0.2) is 4.98 Å². The van der Waals surface area contributed by atoms with Crippen LogP contribution in [0.5, 0.6) is 0 Å². The molecule has 0 aliphatic heterocycles. The second kappa shape index (κ2) is 3.50. The van der Waals surface area contributed by atoms with Crippen LogP contribution in [-0.2, 0) is 0 Å². The van der Waals surface area contributed by atoms with Gasteiger partial charge in [0.25, 0.3) is 0 Å². The molecule has 1 heterocycles. The van der Waals surface area contributed by atoms with Crippen molar-refractivity contribution in [1.29, 1.82) is 0 Å². The molecule has 0 radical (unpaired) electrons. The molecule has 0 aliphatic carbocycles. The molecule has 0 saturated carbocycles. The van der Waals surface area contributed by atoms with E-state index in [0.29, 0.717) is 5.82 Å². The summed E-state index contributed by atoms with van der Waals surface area (Å²) in [6.07, 6.45) is 0. The van der Waals surface area contributed by atoms with Gasteiger partial charge in [0.1, 0.15) is 5.82 Å². The number of aryl methyl sites for hydroxylation is 1. The molecule has 0 aliphatic rings. The minimum atomic E-state index is 0.559. The highest BCUT2D eigenvalue weighted by Crippen LogP contribution is 2.18. The van der Waals surface area contributed by atoms with Crippen LogP contribution in [0.2, 0.25) is 0 Å². The van der Waals surface area contributed by atoms with Gasteiger partial charge >= 0.3 is 0 Å². The second-order valence-corrected chi connectivity index (χ2v) is 3.32. The Bertz CT molecular complexity index is 406. The van der Waals surface area contributed by atoms with Gasteiger partial charge in [-0.05, 0) is 25.1 Å². The van der Waals surface area contributed by atoms with Gasteiger partial charge in [-0.1, -0.05) is 29.8 Å². The van der Waals surface area contributed by atoms with Crippen molar-refractivity contribution in [2.45, 2.75) is 6.92 Å². The molecule has 2 aromatic rings. The lowest BCUT2D eigenvalue weighted by Gasteiger charge is -2.02. The van der Waals surface area contributed by atoms with Crippen LogP contribution >= 0.6 is 0 Å². The van der Waals surface area contributed by atoms with Crippen LogP contribution in [0.25, 0.3) is 11.3 Å². The van der Waals surface area contributed by atoms with Crippen LogP contribution in [0.4, 0.5) is 5.82 Å². The molecule has 0 spiro atoms. The average molecular weight is 184 g/mol. The summed E-state index contributed by atoms with van der Waals surface area (Å²) >= 11 is 0. The van der Waals surface area contributed by atoms with E-state index in [-0.39, 0.29) is 0 Å². The number of anilines is 1. The van der Waals surface area contributed by atoms with Gasteiger partial charge in [0, 0.05) is 5.56 Å². The summed E-state index contributed by atoms with van der Waals surface area (Å²) in [7, 11) is 0. The highest BCUT2D eigenvalue weighted by atomic mass is 14.8. The molecule has 2 heteroatoms. The Morgan fingerprint density at radius 2 is 1.86 bits per heavy atom. The lowest BCUT2D eigenvalue weighted by molar-refractivity contribution is 1.32. The highest BCUT2D eigenvalue weighted by Gasteiger charge is 1.98. The first-order valence-electron chi connectivity index (χ1n) is 4.55.